The standard InChI is InChI=1S/C14H20N2O/c1-16(2)9-8-15-14(17)13-10-12(13)11-6-4-3-5-7-11/h3-7,12-13H,8-10H2,1-2H3,(H,15,17)/t12-,13-/m1/s1. The molecule has 1 amide bonds. The van der Waals surface area contributed by atoms with Crippen molar-refractivity contribution < 1.29 is 4.79 Å². The molecule has 1 N–H and O–H groups in total. The second-order valence-corrected chi connectivity index (χ2v) is 4.95. The Morgan fingerprint density at radius 3 is 2.71 bits per heavy atom. The van der Waals surface area contributed by atoms with E-state index in [4.69, 9.17) is 0 Å². The molecule has 0 aromatic heterocycles. The lowest BCUT2D eigenvalue weighted by Gasteiger charge is -2.10. The Hall–Kier alpha value is -1.35. The third-order valence-electron chi connectivity index (χ3n) is 3.21. The van der Waals surface area contributed by atoms with E-state index in [1.165, 1.54) is 5.56 Å². The zero-order chi connectivity index (χ0) is 12.3. The summed E-state index contributed by atoms with van der Waals surface area (Å²) in [5.41, 5.74) is 1.29. The normalized spacial score (nSPS) is 22.5. The maximum Gasteiger partial charge on any atom is 0.223 e. The summed E-state index contributed by atoms with van der Waals surface area (Å²) in [6, 6.07) is 10.3. The van der Waals surface area contributed by atoms with Crippen LogP contribution in [0.15, 0.2) is 30.3 Å². The van der Waals surface area contributed by atoms with Crippen molar-refractivity contribution in [3.63, 3.8) is 0 Å². The monoisotopic (exact) mass is 232 g/mol. The highest BCUT2D eigenvalue weighted by Gasteiger charge is 2.43. The van der Waals surface area contributed by atoms with Crippen LogP contribution in [0.5, 0.6) is 0 Å². The van der Waals surface area contributed by atoms with Gasteiger partial charge in [0.2, 0.25) is 5.91 Å². The minimum Gasteiger partial charge on any atom is -0.355 e. The molecule has 0 radical (unpaired) electrons. The number of rotatable bonds is 5. The summed E-state index contributed by atoms with van der Waals surface area (Å²) in [4.78, 5) is 13.9. The highest BCUT2D eigenvalue weighted by atomic mass is 16.2. The molecule has 17 heavy (non-hydrogen) atoms. The molecule has 3 nitrogen and oxygen atoms in total. The molecule has 0 saturated heterocycles. The van der Waals surface area contributed by atoms with Gasteiger partial charge in [-0.2, -0.15) is 0 Å². The zero-order valence-electron chi connectivity index (χ0n) is 10.5. The van der Waals surface area contributed by atoms with Crippen molar-refractivity contribution in [2.45, 2.75) is 12.3 Å². The van der Waals surface area contributed by atoms with Crippen molar-refractivity contribution in [3.8, 4) is 0 Å². The number of amides is 1. The quantitative estimate of drug-likeness (QED) is 0.833. The van der Waals surface area contributed by atoms with Gasteiger partial charge in [-0.15, -0.1) is 0 Å². The largest absolute Gasteiger partial charge is 0.355 e. The summed E-state index contributed by atoms with van der Waals surface area (Å²) < 4.78 is 0. The summed E-state index contributed by atoms with van der Waals surface area (Å²) in [6.07, 6.45) is 0.998. The van der Waals surface area contributed by atoms with E-state index in [0.29, 0.717) is 5.92 Å². The number of hydrogen-bond donors (Lipinski definition) is 1. The summed E-state index contributed by atoms with van der Waals surface area (Å²) in [5, 5.41) is 3.00. The molecule has 0 unspecified atom stereocenters. The molecule has 0 aliphatic heterocycles. The maximum atomic E-state index is 11.8. The van der Waals surface area contributed by atoms with Crippen LogP contribution in [-0.2, 0) is 4.79 Å². The van der Waals surface area contributed by atoms with Crippen molar-refractivity contribution in [1.82, 2.24) is 10.2 Å². The Labute approximate surface area is 103 Å². The highest BCUT2D eigenvalue weighted by molar-refractivity contribution is 5.82. The van der Waals surface area contributed by atoms with E-state index < -0.39 is 0 Å². The average molecular weight is 232 g/mol. The Bertz CT molecular complexity index is 375. The Morgan fingerprint density at radius 1 is 1.35 bits per heavy atom. The molecule has 2 atom stereocenters. The molecule has 1 aliphatic carbocycles. The molecule has 92 valence electrons. The smallest absolute Gasteiger partial charge is 0.223 e. The molecule has 1 aliphatic rings. The Kier molecular flexibility index (Phi) is 3.79. The number of hydrogen-bond acceptors (Lipinski definition) is 2. The van der Waals surface area contributed by atoms with Crippen LogP contribution >= 0.6 is 0 Å². The first-order valence-corrected chi connectivity index (χ1v) is 6.16. The minimum absolute atomic E-state index is 0.194. The molecule has 2 rings (SSSR count). The molecule has 0 heterocycles. The van der Waals surface area contributed by atoms with Gasteiger partial charge in [-0.3, -0.25) is 4.79 Å². The molecular formula is C14H20N2O. The lowest BCUT2D eigenvalue weighted by Crippen LogP contribution is -2.32. The van der Waals surface area contributed by atoms with Gasteiger partial charge in [0.25, 0.3) is 0 Å². The summed E-state index contributed by atoms with van der Waals surface area (Å²) in [5.74, 6) is 0.843. The van der Waals surface area contributed by atoms with Crippen LogP contribution in [0, 0.1) is 5.92 Å². The molecule has 1 aromatic rings. The highest BCUT2D eigenvalue weighted by Crippen LogP contribution is 2.47. The summed E-state index contributed by atoms with van der Waals surface area (Å²) in [6.45, 7) is 1.64. The van der Waals surface area contributed by atoms with E-state index in [1.807, 2.05) is 32.3 Å². The number of carbonyl (C=O) groups excluding carboxylic acids is 1. The van der Waals surface area contributed by atoms with Gasteiger partial charge < -0.3 is 10.2 Å². The van der Waals surface area contributed by atoms with E-state index in [1.54, 1.807) is 0 Å². The van der Waals surface area contributed by atoms with E-state index >= 15 is 0 Å². The Balaban J connectivity index is 1.77. The molecular weight excluding hydrogens is 212 g/mol. The van der Waals surface area contributed by atoms with Crippen molar-refractivity contribution in [2.75, 3.05) is 27.2 Å². The first-order chi connectivity index (χ1) is 8.18. The van der Waals surface area contributed by atoms with Gasteiger partial charge in [0.1, 0.15) is 0 Å². The predicted octanol–water partition coefficient (Wildman–Crippen LogP) is 1.47. The van der Waals surface area contributed by atoms with Crippen molar-refractivity contribution >= 4 is 5.91 Å². The van der Waals surface area contributed by atoms with Crippen LogP contribution in [-0.4, -0.2) is 38.0 Å². The SMILES string of the molecule is CN(C)CCNC(=O)[C@@H]1C[C@@H]1c1ccccc1. The number of benzene rings is 1. The van der Waals surface area contributed by atoms with Crippen LogP contribution in [0.25, 0.3) is 0 Å². The van der Waals surface area contributed by atoms with Gasteiger partial charge in [0.15, 0.2) is 0 Å². The first kappa shape index (κ1) is 12.1. The molecule has 0 spiro atoms. The van der Waals surface area contributed by atoms with E-state index in [-0.39, 0.29) is 11.8 Å². The third kappa shape index (κ3) is 3.30. The van der Waals surface area contributed by atoms with Crippen LogP contribution in [0.2, 0.25) is 0 Å². The predicted molar refractivity (Wildman–Crippen MR) is 68.9 cm³/mol. The van der Waals surface area contributed by atoms with Gasteiger partial charge >= 0.3 is 0 Å². The van der Waals surface area contributed by atoms with Crippen LogP contribution in [0.3, 0.4) is 0 Å². The second-order valence-electron chi connectivity index (χ2n) is 4.95. The van der Waals surface area contributed by atoms with Gasteiger partial charge in [-0.25, -0.2) is 0 Å². The fraction of sp³-hybridized carbons (Fsp3) is 0.500. The molecule has 1 fully saturated rings. The van der Waals surface area contributed by atoms with Crippen LogP contribution < -0.4 is 5.32 Å². The van der Waals surface area contributed by atoms with Crippen molar-refractivity contribution in [1.29, 1.82) is 0 Å². The number of nitrogens with one attached hydrogen (secondary N) is 1. The van der Waals surface area contributed by atoms with Crippen LogP contribution in [0.1, 0.15) is 17.9 Å². The third-order valence-corrected chi connectivity index (χ3v) is 3.21. The topological polar surface area (TPSA) is 32.3 Å². The molecule has 1 aromatic carbocycles. The van der Waals surface area contributed by atoms with Gasteiger partial charge in [0, 0.05) is 19.0 Å². The second kappa shape index (κ2) is 5.32. The zero-order valence-corrected chi connectivity index (χ0v) is 10.5. The van der Waals surface area contributed by atoms with Gasteiger partial charge in [-0.1, -0.05) is 30.3 Å². The maximum absolute atomic E-state index is 11.8. The molecule has 3 heteroatoms. The van der Waals surface area contributed by atoms with Gasteiger partial charge in [-0.05, 0) is 32.0 Å². The first-order valence-electron chi connectivity index (χ1n) is 6.16. The van der Waals surface area contributed by atoms with E-state index in [9.17, 15) is 4.79 Å². The fourth-order valence-electron chi connectivity index (χ4n) is 2.09. The number of carbonyl (C=O) groups is 1. The molecule has 0 bridgehead atoms. The van der Waals surface area contributed by atoms with Crippen molar-refractivity contribution in [2.24, 2.45) is 5.92 Å². The van der Waals surface area contributed by atoms with Crippen molar-refractivity contribution in [3.05, 3.63) is 35.9 Å². The average Bonchev–Trinajstić information content (AvgIpc) is 3.09. The summed E-state index contributed by atoms with van der Waals surface area (Å²) in [7, 11) is 4.02. The van der Waals surface area contributed by atoms with Gasteiger partial charge in [0.05, 0.1) is 0 Å². The number of likely N-dealkylation sites (N-methyl/N-ethyl adjacent to an activating group) is 1. The van der Waals surface area contributed by atoms with E-state index in [2.05, 4.69) is 22.3 Å². The fourth-order valence-corrected chi connectivity index (χ4v) is 2.09. The minimum atomic E-state index is 0.194. The number of nitrogens with zero attached hydrogens (tertiary/aromatic N) is 1. The molecule has 1 saturated carbocycles. The Morgan fingerprint density at radius 2 is 2.06 bits per heavy atom. The lowest BCUT2D eigenvalue weighted by atomic mass is 10.1. The van der Waals surface area contributed by atoms with E-state index in [0.717, 1.165) is 19.5 Å². The van der Waals surface area contributed by atoms with Crippen LogP contribution in [0.4, 0.5) is 0 Å². The summed E-state index contributed by atoms with van der Waals surface area (Å²) >= 11 is 0. The lowest BCUT2D eigenvalue weighted by molar-refractivity contribution is -0.122.